The molecule has 0 aromatic heterocycles. The summed E-state index contributed by atoms with van der Waals surface area (Å²) in [5.41, 5.74) is 5.29. The number of hydrogen-bond donors (Lipinski definition) is 3. The van der Waals surface area contributed by atoms with Gasteiger partial charge in [-0.3, -0.25) is 0 Å². The van der Waals surface area contributed by atoms with E-state index in [1.54, 1.807) is 0 Å². The van der Waals surface area contributed by atoms with Crippen molar-refractivity contribution in [3.8, 4) is 0 Å². The highest BCUT2D eigenvalue weighted by Gasteiger charge is 1.93. The van der Waals surface area contributed by atoms with Crippen molar-refractivity contribution < 1.29 is 28.8 Å². The Bertz CT molecular complexity index is 180. The average molecular weight is 324 g/mol. The van der Waals surface area contributed by atoms with Gasteiger partial charge in [0, 0.05) is 19.6 Å². The molecule has 22 heavy (non-hydrogen) atoms. The van der Waals surface area contributed by atoms with Gasteiger partial charge in [0.1, 0.15) is 0 Å². The average Bonchev–Trinajstić information content (AvgIpc) is 2.54. The van der Waals surface area contributed by atoms with E-state index in [4.69, 9.17) is 34.5 Å². The van der Waals surface area contributed by atoms with Crippen molar-refractivity contribution in [3.63, 3.8) is 0 Å². The third kappa shape index (κ3) is 19.7. The van der Waals surface area contributed by atoms with Gasteiger partial charge in [-0.1, -0.05) is 0 Å². The molecule has 0 rings (SSSR count). The largest absolute Gasteiger partial charge is 0.394 e. The zero-order valence-electron chi connectivity index (χ0n) is 13.5. The lowest BCUT2D eigenvalue weighted by Gasteiger charge is -2.08. The van der Waals surface area contributed by atoms with Gasteiger partial charge in [0.15, 0.2) is 0 Å². The van der Waals surface area contributed by atoms with Gasteiger partial charge in [0.2, 0.25) is 0 Å². The molecule has 0 bridgehead atoms. The van der Waals surface area contributed by atoms with Crippen molar-refractivity contribution >= 4 is 0 Å². The van der Waals surface area contributed by atoms with Crippen LogP contribution in [-0.4, -0.2) is 97.4 Å². The number of aliphatic hydroxyl groups is 1. The van der Waals surface area contributed by atoms with Gasteiger partial charge in [-0.25, -0.2) is 0 Å². The summed E-state index contributed by atoms with van der Waals surface area (Å²) >= 11 is 0. The molecule has 8 nitrogen and oxygen atoms in total. The Balaban J connectivity index is 2.91. The van der Waals surface area contributed by atoms with Crippen LogP contribution in [0.3, 0.4) is 0 Å². The molecule has 0 unspecified atom stereocenters. The molecule has 0 amide bonds. The Hall–Kier alpha value is -0.320. The number of rotatable bonds is 19. The van der Waals surface area contributed by atoms with Gasteiger partial charge in [-0.2, -0.15) is 0 Å². The third-order valence-electron chi connectivity index (χ3n) is 2.46. The molecular formula is C14H32N2O6. The molecule has 8 heteroatoms. The molecule has 0 aliphatic rings. The molecule has 0 spiro atoms. The molecule has 0 aliphatic carbocycles. The van der Waals surface area contributed by atoms with Crippen LogP contribution in [-0.2, 0) is 23.7 Å². The summed E-state index contributed by atoms with van der Waals surface area (Å²) in [5.74, 6) is 0. The SMILES string of the molecule is NCCOCCOCCOCCNCCOCCOCCO. The van der Waals surface area contributed by atoms with Gasteiger partial charge >= 0.3 is 0 Å². The highest BCUT2D eigenvalue weighted by molar-refractivity contribution is 4.45. The topological polar surface area (TPSA) is 104 Å². The quantitative estimate of drug-likeness (QED) is 0.250. The molecule has 0 saturated carbocycles. The summed E-state index contributed by atoms with van der Waals surface area (Å²) in [5, 5.41) is 11.7. The minimum Gasteiger partial charge on any atom is -0.394 e. The summed E-state index contributed by atoms with van der Waals surface area (Å²) in [6.45, 7) is 7.72. The molecular weight excluding hydrogens is 292 g/mol. The van der Waals surface area contributed by atoms with E-state index >= 15 is 0 Å². The molecule has 0 aromatic rings. The van der Waals surface area contributed by atoms with Crippen LogP contribution in [0.5, 0.6) is 0 Å². The van der Waals surface area contributed by atoms with Crippen LogP contribution in [0.1, 0.15) is 0 Å². The number of ether oxygens (including phenoxy) is 5. The Morgan fingerprint density at radius 3 is 1.45 bits per heavy atom. The second-order valence-electron chi connectivity index (χ2n) is 4.32. The van der Waals surface area contributed by atoms with E-state index in [-0.39, 0.29) is 6.61 Å². The predicted molar refractivity (Wildman–Crippen MR) is 83.1 cm³/mol. The Kier molecular flexibility index (Phi) is 20.4. The van der Waals surface area contributed by atoms with Gasteiger partial charge in [-0.15, -0.1) is 0 Å². The molecule has 0 saturated heterocycles. The first-order valence-corrected chi connectivity index (χ1v) is 7.82. The van der Waals surface area contributed by atoms with Crippen molar-refractivity contribution in [2.24, 2.45) is 5.73 Å². The normalized spacial score (nSPS) is 11.2. The molecule has 0 atom stereocenters. The Morgan fingerprint density at radius 1 is 0.591 bits per heavy atom. The van der Waals surface area contributed by atoms with Crippen molar-refractivity contribution in [1.82, 2.24) is 5.32 Å². The Morgan fingerprint density at radius 2 is 1.00 bits per heavy atom. The second kappa shape index (κ2) is 20.7. The first kappa shape index (κ1) is 21.7. The maximum absolute atomic E-state index is 8.50. The first-order valence-electron chi connectivity index (χ1n) is 7.82. The van der Waals surface area contributed by atoms with E-state index in [9.17, 15) is 0 Å². The highest BCUT2D eigenvalue weighted by Crippen LogP contribution is 1.81. The molecule has 134 valence electrons. The predicted octanol–water partition coefficient (Wildman–Crippen LogP) is -1.39. The van der Waals surface area contributed by atoms with Gasteiger partial charge in [0.25, 0.3) is 0 Å². The fourth-order valence-corrected chi connectivity index (χ4v) is 1.43. The van der Waals surface area contributed by atoms with E-state index in [0.717, 1.165) is 13.1 Å². The molecule has 4 N–H and O–H groups in total. The zero-order valence-corrected chi connectivity index (χ0v) is 13.5. The van der Waals surface area contributed by atoms with Crippen LogP contribution in [0.4, 0.5) is 0 Å². The number of aliphatic hydroxyl groups excluding tert-OH is 1. The monoisotopic (exact) mass is 324 g/mol. The lowest BCUT2D eigenvalue weighted by atomic mass is 10.6. The lowest BCUT2D eigenvalue weighted by Crippen LogP contribution is -2.25. The van der Waals surface area contributed by atoms with Crippen molar-refractivity contribution in [3.05, 3.63) is 0 Å². The smallest absolute Gasteiger partial charge is 0.0701 e. The summed E-state index contributed by atoms with van der Waals surface area (Å²) in [6, 6.07) is 0. The number of nitrogens with two attached hydrogens (primary N) is 1. The van der Waals surface area contributed by atoms with E-state index in [2.05, 4.69) is 5.32 Å². The Labute approximate surface area is 133 Å². The van der Waals surface area contributed by atoms with Crippen molar-refractivity contribution in [2.45, 2.75) is 0 Å². The molecule has 0 aromatic carbocycles. The second-order valence-corrected chi connectivity index (χ2v) is 4.32. The summed E-state index contributed by atoms with van der Waals surface area (Å²) in [6.07, 6.45) is 0. The minimum atomic E-state index is 0.0503. The maximum atomic E-state index is 8.50. The molecule has 0 aliphatic heterocycles. The summed E-state index contributed by atoms with van der Waals surface area (Å²) < 4.78 is 26.3. The summed E-state index contributed by atoms with van der Waals surface area (Å²) in [7, 11) is 0. The zero-order chi connectivity index (χ0) is 16.1. The molecule has 0 radical (unpaired) electrons. The third-order valence-corrected chi connectivity index (χ3v) is 2.46. The van der Waals surface area contributed by atoms with Gasteiger partial charge < -0.3 is 39.8 Å². The van der Waals surface area contributed by atoms with Crippen molar-refractivity contribution in [2.75, 3.05) is 92.3 Å². The lowest BCUT2D eigenvalue weighted by molar-refractivity contribution is 0.0158. The maximum Gasteiger partial charge on any atom is 0.0701 e. The van der Waals surface area contributed by atoms with Crippen LogP contribution < -0.4 is 11.1 Å². The van der Waals surface area contributed by atoms with Crippen LogP contribution in [0.25, 0.3) is 0 Å². The van der Waals surface area contributed by atoms with Crippen LogP contribution in [0.2, 0.25) is 0 Å². The van der Waals surface area contributed by atoms with Crippen molar-refractivity contribution in [1.29, 1.82) is 0 Å². The van der Waals surface area contributed by atoms with E-state index in [0.29, 0.717) is 72.6 Å². The van der Waals surface area contributed by atoms with Crippen LogP contribution in [0, 0.1) is 0 Å². The minimum absolute atomic E-state index is 0.0503. The molecule has 0 heterocycles. The summed E-state index contributed by atoms with van der Waals surface area (Å²) in [4.78, 5) is 0. The van der Waals surface area contributed by atoms with E-state index in [1.807, 2.05) is 0 Å². The fourth-order valence-electron chi connectivity index (χ4n) is 1.43. The van der Waals surface area contributed by atoms with E-state index in [1.165, 1.54) is 0 Å². The van der Waals surface area contributed by atoms with E-state index < -0.39 is 0 Å². The first-order chi connectivity index (χ1) is 10.9. The molecule has 0 fully saturated rings. The van der Waals surface area contributed by atoms with Gasteiger partial charge in [-0.05, 0) is 0 Å². The standard InChI is InChI=1S/C14H32N2O6/c15-1-5-18-9-13-22-14-11-20-7-3-16-2-6-19-10-12-21-8-4-17/h16-17H,1-15H2. The van der Waals surface area contributed by atoms with Crippen LogP contribution >= 0.6 is 0 Å². The number of hydrogen-bond acceptors (Lipinski definition) is 8. The van der Waals surface area contributed by atoms with Gasteiger partial charge in [0.05, 0.1) is 72.7 Å². The highest BCUT2D eigenvalue weighted by atomic mass is 16.5. The van der Waals surface area contributed by atoms with Crippen LogP contribution in [0.15, 0.2) is 0 Å². The fraction of sp³-hybridized carbons (Fsp3) is 1.00. The number of nitrogens with one attached hydrogen (secondary N) is 1.